The van der Waals surface area contributed by atoms with Gasteiger partial charge in [-0.2, -0.15) is 0 Å². The summed E-state index contributed by atoms with van der Waals surface area (Å²) in [5, 5.41) is 3.31. The molecule has 1 aliphatic carbocycles. The molecule has 1 aromatic carbocycles. The number of carbonyl (C=O) groups excluding carboxylic acids is 1. The van der Waals surface area contributed by atoms with E-state index in [1.54, 1.807) is 0 Å². The Labute approximate surface area is 102 Å². The van der Waals surface area contributed by atoms with Crippen LogP contribution in [-0.2, 0) is 22.4 Å². The number of benzene rings is 1. The standard InChI is InChI=1S/C14H19NO2/c1-3-17-13(16)10-14(15-2)8-11-6-4-5-7-12(11)9-14/h4-7,15H,3,8-10H2,1-2H3. The van der Waals surface area contributed by atoms with Crippen LogP contribution in [0, 0.1) is 0 Å². The van der Waals surface area contributed by atoms with Gasteiger partial charge in [0, 0.05) is 5.54 Å². The summed E-state index contributed by atoms with van der Waals surface area (Å²) in [5.41, 5.74) is 2.52. The van der Waals surface area contributed by atoms with Gasteiger partial charge in [-0.05, 0) is 37.9 Å². The first-order valence-corrected chi connectivity index (χ1v) is 6.10. The lowest BCUT2D eigenvalue weighted by molar-refractivity contribution is -0.144. The van der Waals surface area contributed by atoms with Gasteiger partial charge in [-0.25, -0.2) is 0 Å². The molecule has 0 aliphatic heterocycles. The van der Waals surface area contributed by atoms with Gasteiger partial charge in [0.05, 0.1) is 13.0 Å². The van der Waals surface area contributed by atoms with Crippen molar-refractivity contribution in [2.45, 2.75) is 31.7 Å². The van der Waals surface area contributed by atoms with Crippen LogP contribution in [0.25, 0.3) is 0 Å². The van der Waals surface area contributed by atoms with Crippen LogP contribution in [-0.4, -0.2) is 25.2 Å². The third kappa shape index (κ3) is 2.50. The van der Waals surface area contributed by atoms with Crippen molar-refractivity contribution in [3.63, 3.8) is 0 Å². The highest BCUT2D eigenvalue weighted by Gasteiger charge is 2.37. The number of nitrogens with one attached hydrogen (secondary N) is 1. The third-order valence-electron chi connectivity index (χ3n) is 3.49. The molecule has 1 aliphatic rings. The van der Waals surface area contributed by atoms with Crippen LogP contribution in [0.3, 0.4) is 0 Å². The number of esters is 1. The largest absolute Gasteiger partial charge is 0.466 e. The van der Waals surface area contributed by atoms with E-state index in [1.165, 1.54) is 11.1 Å². The van der Waals surface area contributed by atoms with Gasteiger partial charge in [-0.1, -0.05) is 24.3 Å². The molecule has 3 heteroatoms. The van der Waals surface area contributed by atoms with Crippen molar-refractivity contribution in [3.8, 4) is 0 Å². The second-order valence-corrected chi connectivity index (χ2v) is 4.63. The summed E-state index contributed by atoms with van der Waals surface area (Å²) in [5.74, 6) is -0.116. The monoisotopic (exact) mass is 233 g/mol. The van der Waals surface area contributed by atoms with Gasteiger partial charge in [0.1, 0.15) is 0 Å². The molecule has 0 fully saturated rings. The Bertz CT molecular complexity index is 389. The predicted molar refractivity (Wildman–Crippen MR) is 66.9 cm³/mol. The fourth-order valence-electron chi connectivity index (χ4n) is 2.57. The average molecular weight is 233 g/mol. The maximum Gasteiger partial charge on any atom is 0.307 e. The minimum Gasteiger partial charge on any atom is -0.466 e. The zero-order valence-electron chi connectivity index (χ0n) is 10.5. The highest BCUT2D eigenvalue weighted by atomic mass is 16.5. The number of ether oxygens (including phenoxy) is 1. The summed E-state index contributed by atoms with van der Waals surface area (Å²) < 4.78 is 5.05. The third-order valence-corrected chi connectivity index (χ3v) is 3.49. The van der Waals surface area contributed by atoms with Crippen LogP contribution in [0.1, 0.15) is 24.5 Å². The van der Waals surface area contributed by atoms with Crippen molar-refractivity contribution in [2.75, 3.05) is 13.7 Å². The Morgan fingerprint density at radius 1 is 1.35 bits per heavy atom. The summed E-state index contributed by atoms with van der Waals surface area (Å²) in [7, 11) is 1.92. The molecule has 0 amide bonds. The zero-order chi connectivity index (χ0) is 12.3. The molecular formula is C14H19NO2. The zero-order valence-corrected chi connectivity index (χ0v) is 10.5. The summed E-state index contributed by atoms with van der Waals surface area (Å²) in [4.78, 5) is 11.7. The van der Waals surface area contributed by atoms with Gasteiger partial charge in [0.15, 0.2) is 0 Å². The van der Waals surface area contributed by atoms with Crippen molar-refractivity contribution in [3.05, 3.63) is 35.4 Å². The minimum absolute atomic E-state index is 0.116. The molecule has 1 N–H and O–H groups in total. The van der Waals surface area contributed by atoms with E-state index in [-0.39, 0.29) is 11.5 Å². The molecule has 17 heavy (non-hydrogen) atoms. The van der Waals surface area contributed by atoms with Gasteiger partial charge < -0.3 is 10.1 Å². The molecular weight excluding hydrogens is 214 g/mol. The SMILES string of the molecule is CCOC(=O)CC1(NC)Cc2ccccc2C1. The van der Waals surface area contributed by atoms with Crippen LogP contribution in [0.5, 0.6) is 0 Å². The van der Waals surface area contributed by atoms with Crippen LogP contribution in [0.2, 0.25) is 0 Å². The first-order chi connectivity index (χ1) is 8.19. The average Bonchev–Trinajstić information content (AvgIpc) is 2.67. The Balaban J connectivity index is 2.12. The molecule has 0 unspecified atom stereocenters. The number of hydrogen-bond acceptors (Lipinski definition) is 3. The predicted octanol–water partition coefficient (Wildman–Crippen LogP) is 1.70. The summed E-state index contributed by atoms with van der Waals surface area (Å²) in [6.07, 6.45) is 2.24. The molecule has 0 heterocycles. The summed E-state index contributed by atoms with van der Waals surface area (Å²) in [6.45, 7) is 2.29. The van der Waals surface area contributed by atoms with Crippen LogP contribution < -0.4 is 5.32 Å². The highest BCUT2D eigenvalue weighted by Crippen LogP contribution is 2.32. The quantitative estimate of drug-likeness (QED) is 0.804. The van der Waals surface area contributed by atoms with Crippen LogP contribution in [0.4, 0.5) is 0 Å². The number of fused-ring (bicyclic) bond motifs is 1. The number of rotatable bonds is 4. The minimum atomic E-state index is -0.157. The molecule has 0 aromatic heterocycles. The van der Waals surface area contributed by atoms with Gasteiger partial charge in [-0.3, -0.25) is 4.79 Å². The fourth-order valence-corrected chi connectivity index (χ4v) is 2.57. The van der Waals surface area contributed by atoms with E-state index in [0.29, 0.717) is 13.0 Å². The smallest absolute Gasteiger partial charge is 0.307 e. The normalized spacial score (nSPS) is 16.6. The van der Waals surface area contributed by atoms with Crippen molar-refractivity contribution in [1.29, 1.82) is 0 Å². The summed E-state index contributed by atoms with van der Waals surface area (Å²) >= 11 is 0. The number of likely N-dealkylation sites (N-methyl/N-ethyl adjacent to an activating group) is 1. The Hall–Kier alpha value is -1.35. The Morgan fingerprint density at radius 2 is 1.94 bits per heavy atom. The highest BCUT2D eigenvalue weighted by molar-refractivity contribution is 5.71. The maximum absolute atomic E-state index is 11.7. The van der Waals surface area contributed by atoms with E-state index in [0.717, 1.165) is 12.8 Å². The maximum atomic E-state index is 11.7. The van der Waals surface area contributed by atoms with Gasteiger partial charge in [-0.15, -0.1) is 0 Å². The fraction of sp³-hybridized carbons (Fsp3) is 0.500. The summed E-state index contributed by atoms with van der Waals surface area (Å²) in [6, 6.07) is 8.38. The second kappa shape index (κ2) is 4.88. The van der Waals surface area contributed by atoms with E-state index in [2.05, 4.69) is 29.6 Å². The molecule has 2 rings (SSSR count). The first-order valence-electron chi connectivity index (χ1n) is 6.10. The van der Waals surface area contributed by atoms with Gasteiger partial charge >= 0.3 is 5.97 Å². The topological polar surface area (TPSA) is 38.3 Å². The van der Waals surface area contributed by atoms with Gasteiger partial charge in [0.2, 0.25) is 0 Å². The van der Waals surface area contributed by atoms with Crippen LogP contribution >= 0.6 is 0 Å². The van der Waals surface area contributed by atoms with Crippen molar-refractivity contribution in [2.24, 2.45) is 0 Å². The van der Waals surface area contributed by atoms with E-state index in [4.69, 9.17) is 4.74 Å². The molecule has 3 nitrogen and oxygen atoms in total. The molecule has 0 spiro atoms. The molecule has 92 valence electrons. The van der Waals surface area contributed by atoms with Crippen molar-refractivity contribution >= 4 is 5.97 Å². The second-order valence-electron chi connectivity index (χ2n) is 4.63. The lowest BCUT2D eigenvalue weighted by Gasteiger charge is -2.27. The molecule has 0 saturated heterocycles. The number of carbonyl (C=O) groups is 1. The first kappa shape index (κ1) is 12.1. The van der Waals surface area contributed by atoms with Crippen molar-refractivity contribution < 1.29 is 9.53 Å². The molecule has 1 aromatic rings. The van der Waals surface area contributed by atoms with Crippen molar-refractivity contribution in [1.82, 2.24) is 5.32 Å². The lowest BCUT2D eigenvalue weighted by Crippen LogP contribution is -2.46. The van der Waals surface area contributed by atoms with E-state index >= 15 is 0 Å². The van der Waals surface area contributed by atoms with Crippen LogP contribution in [0.15, 0.2) is 24.3 Å². The van der Waals surface area contributed by atoms with E-state index in [1.807, 2.05) is 14.0 Å². The van der Waals surface area contributed by atoms with Gasteiger partial charge in [0.25, 0.3) is 0 Å². The van der Waals surface area contributed by atoms with E-state index < -0.39 is 0 Å². The molecule has 0 radical (unpaired) electrons. The Kier molecular flexibility index (Phi) is 3.48. The Morgan fingerprint density at radius 3 is 2.41 bits per heavy atom. The van der Waals surface area contributed by atoms with E-state index in [9.17, 15) is 4.79 Å². The number of hydrogen-bond donors (Lipinski definition) is 1. The molecule has 0 saturated carbocycles. The lowest BCUT2D eigenvalue weighted by atomic mass is 9.92. The molecule has 0 bridgehead atoms. The molecule has 0 atom stereocenters.